The van der Waals surface area contributed by atoms with Crippen LogP contribution in [-0.2, 0) is 0 Å². The van der Waals surface area contributed by atoms with Crippen molar-refractivity contribution < 1.29 is 9.90 Å². The molecule has 2 aromatic rings. The number of fused-ring (bicyclic) bond motifs is 3. The second-order valence-corrected chi connectivity index (χ2v) is 6.61. The van der Waals surface area contributed by atoms with Gasteiger partial charge in [0.25, 0.3) is 11.5 Å². The highest BCUT2D eigenvalue weighted by Gasteiger charge is 2.47. The predicted molar refractivity (Wildman–Crippen MR) is 85.0 cm³/mol. The van der Waals surface area contributed by atoms with Crippen molar-refractivity contribution in [2.24, 2.45) is 17.8 Å². The van der Waals surface area contributed by atoms with Crippen LogP contribution in [-0.4, -0.2) is 33.6 Å². The molecule has 2 aliphatic rings. The first-order valence-electron chi connectivity index (χ1n) is 8.08. The van der Waals surface area contributed by atoms with Gasteiger partial charge in [-0.05, 0) is 43.2 Å². The Morgan fingerprint density at radius 1 is 1.30 bits per heavy atom. The lowest BCUT2D eigenvalue weighted by Gasteiger charge is -2.30. The molecule has 6 nitrogen and oxygen atoms in total. The molecule has 1 heterocycles. The second kappa shape index (κ2) is 5.45. The van der Waals surface area contributed by atoms with Crippen LogP contribution in [0.15, 0.2) is 29.1 Å². The summed E-state index contributed by atoms with van der Waals surface area (Å²) in [5.74, 6) is 0.703. The number of carbonyl (C=O) groups excluding carboxylic acids is 1. The molecule has 1 amide bonds. The molecule has 2 saturated carbocycles. The van der Waals surface area contributed by atoms with Crippen LogP contribution >= 0.6 is 0 Å². The molecule has 4 atom stereocenters. The Bertz CT molecular complexity index is 816. The van der Waals surface area contributed by atoms with Crippen molar-refractivity contribution in [3.8, 4) is 0 Å². The summed E-state index contributed by atoms with van der Waals surface area (Å²) >= 11 is 0. The van der Waals surface area contributed by atoms with E-state index in [-0.39, 0.29) is 35.9 Å². The summed E-state index contributed by atoms with van der Waals surface area (Å²) in [5, 5.41) is 13.1. The molecule has 3 N–H and O–H groups in total. The number of carbonyl (C=O) groups is 1. The maximum atomic E-state index is 12.5. The van der Waals surface area contributed by atoms with Gasteiger partial charge in [-0.3, -0.25) is 9.59 Å². The summed E-state index contributed by atoms with van der Waals surface area (Å²) in [7, 11) is 0. The van der Waals surface area contributed by atoms with Gasteiger partial charge >= 0.3 is 0 Å². The van der Waals surface area contributed by atoms with Crippen molar-refractivity contribution >= 4 is 16.8 Å². The Kier molecular flexibility index (Phi) is 3.41. The average molecular weight is 313 g/mol. The highest BCUT2D eigenvalue weighted by Crippen LogP contribution is 2.48. The molecule has 6 heteroatoms. The fourth-order valence-electron chi connectivity index (χ4n) is 4.31. The highest BCUT2D eigenvalue weighted by atomic mass is 16.3. The lowest BCUT2D eigenvalue weighted by molar-refractivity contribution is 0.0851. The van der Waals surface area contributed by atoms with E-state index in [1.54, 1.807) is 24.3 Å². The summed E-state index contributed by atoms with van der Waals surface area (Å²) in [4.78, 5) is 31.4. The number of hydrogen-bond donors (Lipinski definition) is 3. The molecule has 0 aliphatic heterocycles. The summed E-state index contributed by atoms with van der Waals surface area (Å²) < 4.78 is 0. The second-order valence-electron chi connectivity index (χ2n) is 6.61. The van der Waals surface area contributed by atoms with Gasteiger partial charge in [0.1, 0.15) is 0 Å². The summed E-state index contributed by atoms with van der Waals surface area (Å²) in [6.45, 7) is 0.0911. The molecule has 0 radical (unpaired) electrons. The number of hydrogen-bond acceptors (Lipinski definition) is 4. The lowest BCUT2D eigenvalue weighted by Crippen LogP contribution is -2.46. The quantitative estimate of drug-likeness (QED) is 0.789. The van der Waals surface area contributed by atoms with Crippen molar-refractivity contribution in [1.82, 2.24) is 15.3 Å². The molecule has 1 aromatic heterocycles. The number of nitrogens with zero attached hydrogens (tertiary/aromatic N) is 1. The topological polar surface area (TPSA) is 95.1 Å². The first kappa shape index (κ1) is 14.4. The van der Waals surface area contributed by atoms with Gasteiger partial charge < -0.3 is 15.4 Å². The van der Waals surface area contributed by atoms with Gasteiger partial charge in [-0.25, -0.2) is 4.98 Å². The van der Waals surface area contributed by atoms with Gasteiger partial charge in [0, 0.05) is 18.6 Å². The zero-order valence-corrected chi connectivity index (χ0v) is 12.7. The number of rotatable bonds is 3. The molecular weight excluding hydrogens is 294 g/mol. The van der Waals surface area contributed by atoms with E-state index in [4.69, 9.17) is 0 Å². The van der Waals surface area contributed by atoms with Crippen LogP contribution in [0, 0.1) is 17.8 Å². The minimum Gasteiger partial charge on any atom is -0.396 e. The summed E-state index contributed by atoms with van der Waals surface area (Å²) in [6.07, 6.45) is 3.29. The lowest BCUT2D eigenvalue weighted by atomic mass is 9.85. The number of benzene rings is 1. The Balaban J connectivity index is 1.61. The number of nitrogens with one attached hydrogen (secondary N) is 2. The van der Waals surface area contributed by atoms with Crippen LogP contribution in [0.4, 0.5) is 0 Å². The van der Waals surface area contributed by atoms with E-state index >= 15 is 0 Å². The monoisotopic (exact) mass is 313 g/mol. The van der Waals surface area contributed by atoms with E-state index in [1.807, 2.05) is 0 Å². The third kappa shape index (κ3) is 2.34. The molecule has 2 aliphatic carbocycles. The van der Waals surface area contributed by atoms with Gasteiger partial charge in [-0.15, -0.1) is 0 Å². The van der Waals surface area contributed by atoms with Gasteiger partial charge in [0.15, 0.2) is 5.82 Å². The Labute approximate surface area is 132 Å². The van der Waals surface area contributed by atoms with Crippen molar-refractivity contribution in [1.29, 1.82) is 0 Å². The Morgan fingerprint density at radius 2 is 2.09 bits per heavy atom. The van der Waals surface area contributed by atoms with Crippen LogP contribution in [0.2, 0.25) is 0 Å². The first-order chi connectivity index (χ1) is 11.2. The van der Waals surface area contributed by atoms with Crippen molar-refractivity contribution in [2.75, 3.05) is 6.61 Å². The number of aliphatic hydroxyl groups is 1. The third-order valence-corrected chi connectivity index (χ3v) is 5.42. The average Bonchev–Trinajstić information content (AvgIpc) is 3.16. The largest absolute Gasteiger partial charge is 0.396 e. The Morgan fingerprint density at radius 3 is 2.91 bits per heavy atom. The van der Waals surface area contributed by atoms with Crippen molar-refractivity contribution in [3.05, 3.63) is 40.4 Å². The summed E-state index contributed by atoms with van der Waals surface area (Å²) in [5.41, 5.74) is 0.195. The van der Waals surface area contributed by atoms with Crippen molar-refractivity contribution in [2.45, 2.75) is 25.3 Å². The normalized spacial score (nSPS) is 29.1. The number of aliphatic hydroxyl groups excluding tert-OH is 1. The fraction of sp³-hybridized carbons (Fsp3) is 0.471. The van der Waals surface area contributed by atoms with E-state index in [0.717, 1.165) is 19.3 Å². The van der Waals surface area contributed by atoms with Gasteiger partial charge in [0.2, 0.25) is 0 Å². The van der Waals surface area contributed by atoms with Crippen LogP contribution in [0.1, 0.15) is 29.9 Å². The standard InChI is InChI=1S/C17H19N3O3/c21-8-12-9-5-6-10(7-9)14(12)19-17(23)15-18-13-4-2-1-3-11(13)16(22)20-15/h1-4,9-10,12,14,21H,5-8H2,(H,19,23)(H,18,20,22)/t9-,10-,12+,14-/m0/s1. The van der Waals surface area contributed by atoms with Gasteiger partial charge in [-0.2, -0.15) is 0 Å². The van der Waals surface area contributed by atoms with E-state index in [2.05, 4.69) is 15.3 Å². The smallest absolute Gasteiger partial charge is 0.287 e. The molecule has 4 rings (SSSR count). The molecule has 0 unspecified atom stereocenters. The zero-order chi connectivity index (χ0) is 16.0. The molecule has 2 fully saturated rings. The number of H-pyrrole nitrogens is 1. The minimum atomic E-state index is -0.371. The third-order valence-electron chi connectivity index (χ3n) is 5.42. The number of aromatic amines is 1. The molecule has 0 saturated heterocycles. The van der Waals surface area contributed by atoms with Crippen LogP contribution in [0.5, 0.6) is 0 Å². The van der Waals surface area contributed by atoms with Crippen LogP contribution < -0.4 is 10.9 Å². The van der Waals surface area contributed by atoms with Gasteiger partial charge in [-0.1, -0.05) is 12.1 Å². The fourth-order valence-corrected chi connectivity index (χ4v) is 4.31. The van der Waals surface area contributed by atoms with E-state index < -0.39 is 0 Å². The maximum Gasteiger partial charge on any atom is 0.287 e. The van der Waals surface area contributed by atoms with Gasteiger partial charge in [0.05, 0.1) is 10.9 Å². The predicted octanol–water partition coefficient (Wildman–Crippen LogP) is 1.06. The molecule has 120 valence electrons. The van der Waals surface area contributed by atoms with E-state index in [9.17, 15) is 14.7 Å². The summed E-state index contributed by atoms with van der Waals surface area (Å²) in [6, 6.07) is 6.92. The zero-order valence-electron chi connectivity index (χ0n) is 12.7. The molecular formula is C17H19N3O3. The first-order valence-corrected chi connectivity index (χ1v) is 8.08. The number of amides is 1. The van der Waals surface area contributed by atoms with Crippen LogP contribution in [0.3, 0.4) is 0 Å². The number of para-hydroxylation sites is 1. The molecule has 23 heavy (non-hydrogen) atoms. The highest BCUT2D eigenvalue weighted by molar-refractivity contribution is 5.92. The minimum absolute atomic E-state index is 0.0250. The molecule has 1 aromatic carbocycles. The van der Waals surface area contributed by atoms with Crippen LogP contribution in [0.25, 0.3) is 10.9 Å². The number of aromatic nitrogens is 2. The van der Waals surface area contributed by atoms with Crippen molar-refractivity contribution in [3.63, 3.8) is 0 Å². The van der Waals surface area contributed by atoms with E-state index in [0.29, 0.717) is 22.7 Å². The molecule has 0 spiro atoms. The SMILES string of the molecule is O=C(N[C@H]1[C@H]2CC[C@@H](C2)[C@H]1CO)c1nc2ccccc2c(=O)[nH]1. The molecule has 2 bridgehead atoms. The van der Waals surface area contributed by atoms with E-state index in [1.165, 1.54) is 0 Å². The maximum absolute atomic E-state index is 12.5. The Hall–Kier alpha value is -2.21.